The van der Waals surface area contributed by atoms with Crippen LogP contribution in [0.1, 0.15) is 61.3 Å². The number of carbonyl (C=O) groups excluding carboxylic acids is 2. The van der Waals surface area contributed by atoms with Crippen LogP contribution in [0.3, 0.4) is 0 Å². The first-order valence-corrected chi connectivity index (χ1v) is 14.2. The molecule has 2 rings (SSSR count). The number of unbranched alkanes of at least 4 members (excludes halogenated alkanes) is 1. The van der Waals surface area contributed by atoms with Crippen molar-refractivity contribution in [3.8, 4) is 0 Å². The van der Waals surface area contributed by atoms with Crippen molar-refractivity contribution >= 4 is 36.4 Å². The summed E-state index contributed by atoms with van der Waals surface area (Å²) in [6, 6.07) is -1.84. The zero-order valence-corrected chi connectivity index (χ0v) is 23.6. The smallest absolute Gasteiger partial charge is 0.323 e. The molecule has 4 N–H and O–H groups in total. The fourth-order valence-corrected chi connectivity index (χ4v) is 5.42. The van der Waals surface area contributed by atoms with Gasteiger partial charge < -0.3 is 24.5 Å². The van der Waals surface area contributed by atoms with Gasteiger partial charge in [0, 0.05) is 0 Å². The molecule has 37 heavy (non-hydrogen) atoms. The normalized spacial score (nSPS) is 16.1. The van der Waals surface area contributed by atoms with Gasteiger partial charge in [0.1, 0.15) is 35.9 Å². The number of nitrogens with two attached hydrogens (primary N) is 1. The highest BCUT2D eigenvalue weighted by Crippen LogP contribution is 2.38. The maximum absolute atomic E-state index is 13.9. The van der Waals surface area contributed by atoms with Gasteiger partial charge in [-0.3, -0.25) is 14.2 Å². The lowest BCUT2D eigenvalue weighted by atomic mass is 10.2. The molecule has 0 spiro atoms. The Morgan fingerprint density at radius 3 is 2.38 bits per heavy atom. The molecule has 2 aromatic rings. The van der Waals surface area contributed by atoms with Crippen molar-refractivity contribution in [2.75, 3.05) is 18.7 Å². The van der Waals surface area contributed by atoms with E-state index < -0.39 is 43.2 Å². The second-order valence-corrected chi connectivity index (χ2v) is 12.2. The molecule has 0 aromatic carbocycles. The molecule has 0 fully saturated rings. The topological polar surface area (TPSA) is 173 Å². The number of ether oxygens (including phenoxy) is 3. The largest absolute Gasteiger partial charge is 0.465 e. The Morgan fingerprint density at radius 1 is 1.11 bits per heavy atom. The Labute approximate surface area is 217 Å². The number of carbonyl (C=O) groups is 2. The van der Waals surface area contributed by atoms with Crippen LogP contribution in [0, 0.1) is 0 Å². The number of esters is 2. The SMILES string of the molecule is CCCCOC(=O)[C@@H](C)NP(=O)(CO[C@H](C)Cn1cnc2c(N)ncnc21)N[C@@H](C)C(=O)OC(C)(C)C. The number of fused-ring (bicyclic) bond motifs is 1. The van der Waals surface area contributed by atoms with Gasteiger partial charge in [0.05, 0.1) is 25.6 Å². The van der Waals surface area contributed by atoms with E-state index >= 15 is 0 Å². The Morgan fingerprint density at radius 2 is 1.76 bits per heavy atom. The highest BCUT2D eigenvalue weighted by molar-refractivity contribution is 7.59. The quantitative estimate of drug-likeness (QED) is 0.182. The van der Waals surface area contributed by atoms with Crippen LogP contribution in [-0.4, -0.2) is 68.2 Å². The Hall–Kier alpha value is -2.60. The minimum Gasteiger partial charge on any atom is -0.465 e. The molecule has 0 aliphatic carbocycles. The zero-order chi connectivity index (χ0) is 27.8. The van der Waals surface area contributed by atoms with Crippen molar-refractivity contribution in [1.82, 2.24) is 29.7 Å². The first kappa shape index (κ1) is 30.6. The van der Waals surface area contributed by atoms with Crippen molar-refractivity contribution in [2.24, 2.45) is 0 Å². The van der Waals surface area contributed by atoms with E-state index in [1.807, 2.05) is 6.92 Å². The summed E-state index contributed by atoms with van der Waals surface area (Å²) in [5.41, 5.74) is 6.15. The molecule has 0 aliphatic rings. The number of rotatable bonds is 14. The van der Waals surface area contributed by atoms with Crippen LogP contribution >= 0.6 is 7.44 Å². The molecule has 0 bridgehead atoms. The first-order chi connectivity index (χ1) is 17.2. The first-order valence-electron chi connectivity index (χ1n) is 12.3. The highest BCUT2D eigenvalue weighted by atomic mass is 31.2. The summed E-state index contributed by atoms with van der Waals surface area (Å²) < 4.78 is 32.2. The third-order valence-electron chi connectivity index (χ3n) is 5.08. The molecule has 0 saturated carbocycles. The average molecular weight is 542 g/mol. The number of hydrogen-bond donors (Lipinski definition) is 3. The lowest BCUT2D eigenvalue weighted by molar-refractivity contribution is -0.156. The number of nitrogens with zero attached hydrogens (tertiary/aromatic N) is 4. The second kappa shape index (κ2) is 13.3. The number of nitrogen functional groups attached to an aromatic ring is 1. The van der Waals surface area contributed by atoms with Crippen LogP contribution in [0.2, 0.25) is 0 Å². The number of imidazole rings is 1. The lowest BCUT2D eigenvalue weighted by Crippen LogP contribution is -2.44. The molecular formula is C23H40N7O6P. The third kappa shape index (κ3) is 9.66. The highest BCUT2D eigenvalue weighted by Gasteiger charge is 2.33. The van der Waals surface area contributed by atoms with Crippen LogP contribution in [0.25, 0.3) is 11.2 Å². The summed E-state index contributed by atoms with van der Waals surface area (Å²) in [7, 11) is -3.64. The van der Waals surface area contributed by atoms with Crippen LogP contribution in [0.15, 0.2) is 12.7 Å². The van der Waals surface area contributed by atoms with E-state index in [0.717, 1.165) is 12.8 Å². The molecule has 4 atom stereocenters. The summed E-state index contributed by atoms with van der Waals surface area (Å²) in [4.78, 5) is 37.3. The van der Waals surface area contributed by atoms with Gasteiger partial charge in [-0.1, -0.05) is 13.3 Å². The average Bonchev–Trinajstić information content (AvgIpc) is 3.20. The van der Waals surface area contributed by atoms with Gasteiger partial charge in [-0.2, -0.15) is 0 Å². The van der Waals surface area contributed by atoms with Crippen molar-refractivity contribution in [1.29, 1.82) is 0 Å². The molecule has 13 nitrogen and oxygen atoms in total. The van der Waals surface area contributed by atoms with E-state index in [2.05, 4.69) is 25.1 Å². The van der Waals surface area contributed by atoms with E-state index in [9.17, 15) is 14.2 Å². The van der Waals surface area contributed by atoms with Crippen molar-refractivity contribution in [3.05, 3.63) is 12.7 Å². The van der Waals surface area contributed by atoms with Crippen LogP contribution in [0.5, 0.6) is 0 Å². The van der Waals surface area contributed by atoms with Crippen LogP contribution < -0.4 is 15.9 Å². The van der Waals surface area contributed by atoms with Crippen molar-refractivity contribution in [3.63, 3.8) is 0 Å². The minimum atomic E-state index is -3.64. The summed E-state index contributed by atoms with van der Waals surface area (Å²) in [5, 5.41) is 5.60. The van der Waals surface area contributed by atoms with E-state index in [4.69, 9.17) is 19.9 Å². The predicted octanol–water partition coefficient (Wildman–Crippen LogP) is 2.61. The van der Waals surface area contributed by atoms with Gasteiger partial charge >= 0.3 is 11.9 Å². The molecule has 0 amide bonds. The third-order valence-corrected chi connectivity index (χ3v) is 7.21. The van der Waals surface area contributed by atoms with Gasteiger partial charge in [-0.05, 0) is 48.0 Å². The standard InChI is InChI=1S/C23H40N7O6P/c1-8-9-10-34-21(31)16(3)28-37(33,29-17(4)22(32)36-23(5,6)7)14-35-15(2)11-30-13-27-18-19(24)25-12-26-20(18)30/h12-13,15-17H,8-11,14H2,1-7H3,(H2,24,25,26)(H2,28,29,33)/t15-,16-,17+,37?/m1/s1. The van der Waals surface area contributed by atoms with Crippen molar-refractivity contribution in [2.45, 2.75) is 91.6 Å². The number of anilines is 1. The molecular weight excluding hydrogens is 501 g/mol. The fraction of sp³-hybridized carbons (Fsp3) is 0.696. The molecule has 2 aromatic heterocycles. The molecule has 0 radical (unpaired) electrons. The fourth-order valence-electron chi connectivity index (χ4n) is 3.27. The minimum absolute atomic E-state index is 0.270. The van der Waals surface area contributed by atoms with E-state index in [-0.39, 0.29) is 18.8 Å². The number of aromatic nitrogens is 4. The molecule has 208 valence electrons. The predicted molar refractivity (Wildman–Crippen MR) is 140 cm³/mol. The molecule has 2 heterocycles. The Bertz CT molecular complexity index is 1100. The maximum Gasteiger partial charge on any atom is 0.323 e. The van der Waals surface area contributed by atoms with Gasteiger partial charge in [-0.15, -0.1) is 0 Å². The summed E-state index contributed by atoms with van der Waals surface area (Å²) >= 11 is 0. The monoisotopic (exact) mass is 541 g/mol. The zero-order valence-electron chi connectivity index (χ0n) is 22.7. The lowest BCUT2D eigenvalue weighted by Gasteiger charge is -2.29. The van der Waals surface area contributed by atoms with Gasteiger partial charge in [0.15, 0.2) is 11.5 Å². The molecule has 1 unspecified atom stereocenters. The summed E-state index contributed by atoms with van der Waals surface area (Å²) in [6.45, 7) is 12.7. The van der Waals surface area contributed by atoms with Gasteiger partial charge in [0.25, 0.3) is 0 Å². The number of hydrogen-bond acceptors (Lipinski definition) is 10. The van der Waals surface area contributed by atoms with Crippen molar-refractivity contribution < 1.29 is 28.4 Å². The van der Waals surface area contributed by atoms with E-state index in [1.54, 1.807) is 45.5 Å². The Balaban J connectivity index is 2.11. The number of nitrogens with one attached hydrogen (secondary N) is 2. The second-order valence-electron chi connectivity index (χ2n) is 9.93. The summed E-state index contributed by atoms with van der Waals surface area (Å²) in [5.74, 6) is -0.857. The van der Waals surface area contributed by atoms with E-state index in [0.29, 0.717) is 17.7 Å². The molecule has 0 saturated heterocycles. The van der Waals surface area contributed by atoms with E-state index in [1.165, 1.54) is 13.3 Å². The molecule has 14 heteroatoms. The summed E-state index contributed by atoms with van der Waals surface area (Å²) in [6.07, 6.45) is 3.78. The maximum atomic E-state index is 13.9. The van der Waals surface area contributed by atoms with Crippen LogP contribution in [-0.2, 0) is 34.9 Å². The molecule has 0 aliphatic heterocycles. The van der Waals surface area contributed by atoms with Gasteiger partial charge in [-0.25, -0.2) is 25.1 Å². The van der Waals surface area contributed by atoms with Crippen LogP contribution in [0.4, 0.5) is 5.82 Å². The Kier molecular flexibility index (Phi) is 11.0. The van der Waals surface area contributed by atoms with Gasteiger partial charge in [0.2, 0.25) is 7.44 Å².